The van der Waals surface area contributed by atoms with Gasteiger partial charge < -0.3 is 10.1 Å². The summed E-state index contributed by atoms with van der Waals surface area (Å²) in [6, 6.07) is 4.72. The zero-order valence-electron chi connectivity index (χ0n) is 11.4. The predicted octanol–water partition coefficient (Wildman–Crippen LogP) is 2.12. The van der Waals surface area contributed by atoms with E-state index in [1.54, 1.807) is 0 Å². The zero-order valence-corrected chi connectivity index (χ0v) is 11.4. The Morgan fingerprint density at radius 2 is 2.39 bits per heavy atom. The summed E-state index contributed by atoms with van der Waals surface area (Å²) in [6.45, 7) is 9.00. The number of aromatic nitrogens is 1. The highest BCUT2D eigenvalue weighted by Crippen LogP contribution is 2.12. The van der Waals surface area contributed by atoms with E-state index >= 15 is 0 Å². The molecule has 0 amide bonds. The van der Waals surface area contributed by atoms with Gasteiger partial charge in [-0.15, -0.1) is 0 Å². The minimum Gasteiger partial charge on any atom is -0.379 e. The van der Waals surface area contributed by atoms with Crippen LogP contribution in [0, 0.1) is 0 Å². The number of anilines is 1. The summed E-state index contributed by atoms with van der Waals surface area (Å²) in [4.78, 5) is 6.88. The third kappa shape index (κ3) is 3.68. The Kier molecular flexibility index (Phi) is 4.96. The lowest BCUT2D eigenvalue weighted by Crippen LogP contribution is -2.42. The SMILES string of the molecule is CCCNc1ccc(CN2CCOCC2C)cn1. The number of hydrogen-bond acceptors (Lipinski definition) is 4. The fraction of sp³-hybridized carbons (Fsp3) is 0.643. The highest BCUT2D eigenvalue weighted by Gasteiger charge is 2.18. The third-order valence-corrected chi connectivity index (χ3v) is 3.27. The minimum atomic E-state index is 0.497. The first kappa shape index (κ1) is 13.3. The number of ether oxygens (including phenoxy) is 1. The molecule has 100 valence electrons. The lowest BCUT2D eigenvalue weighted by Gasteiger charge is -2.33. The highest BCUT2D eigenvalue weighted by molar-refractivity contribution is 5.35. The van der Waals surface area contributed by atoms with Crippen LogP contribution in [-0.2, 0) is 11.3 Å². The van der Waals surface area contributed by atoms with Crippen molar-refractivity contribution in [3.63, 3.8) is 0 Å². The highest BCUT2D eigenvalue weighted by atomic mass is 16.5. The van der Waals surface area contributed by atoms with Crippen LogP contribution in [0.25, 0.3) is 0 Å². The molecule has 0 aromatic carbocycles. The second kappa shape index (κ2) is 6.71. The Bertz CT molecular complexity index is 353. The Morgan fingerprint density at radius 1 is 1.50 bits per heavy atom. The summed E-state index contributed by atoms with van der Waals surface area (Å²) in [7, 11) is 0. The largest absolute Gasteiger partial charge is 0.379 e. The molecule has 4 nitrogen and oxygen atoms in total. The second-order valence-corrected chi connectivity index (χ2v) is 4.87. The molecule has 0 saturated carbocycles. The van der Waals surface area contributed by atoms with Gasteiger partial charge in [0.1, 0.15) is 5.82 Å². The number of nitrogens with one attached hydrogen (secondary N) is 1. The van der Waals surface area contributed by atoms with Crippen molar-refractivity contribution < 1.29 is 4.74 Å². The lowest BCUT2D eigenvalue weighted by molar-refractivity contribution is -0.00440. The first-order valence-electron chi connectivity index (χ1n) is 6.80. The van der Waals surface area contributed by atoms with Gasteiger partial charge in [0.05, 0.1) is 13.2 Å². The monoisotopic (exact) mass is 249 g/mol. The molecule has 0 aliphatic carbocycles. The lowest BCUT2D eigenvalue weighted by atomic mass is 10.2. The smallest absolute Gasteiger partial charge is 0.125 e. The van der Waals surface area contributed by atoms with E-state index in [1.165, 1.54) is 5.56 Å². The molecule has 1 atom stereocenters. The second-order valence-electron chi connectivity index (χ2n) is 4.87. The van der Waals surface area contributed by atoms with Crippen molar-refractivity contribution in [2.24, 2.45) is 0 Å². The molecule has 0 bridgehead atoms. The van der Waals surface area contributed by atoms with Crippen LogP contribution >= 0.6 is 0 Å². The van der Waals surface area contributed by atoms with Crippen LogP contribution in [0.1, 0.15) is 25.8 Å². The summed E-state index contributed by atoms with van der Waals surface area (Å²) in [6.07, 6.45) is 3.09. The molecule has 18 heavy (non-hydrogen) atoms. The van der Waals surface area contributed by atoms with Crippen molar-refractivity contribution in [1.29, 1.82) is 0 Å². The van der Waals surface area contributed by atoms with Crippen LogP contribution in [0.4, 0.5) is 5.82 Å². The van der Waals surface area contributed by atoms with Crippen molar-refractivity contribution in [2.75, 3.05) is 31.6 Å². The van der Waals surface area contributed by atoms with Crippen molar-refractivity contribution in [2.45, 2.75) is 32.9 Å². The maximum atomic E-state index is 5.45. The first-order valence-corrected chi connectivity index (χ1v) is 6.80. The van der Waals surface area contributed by atoms with Crippen molar-refractivity contribution in [3.8, 4) is 0 Å². The van der Waals surface area contributed by atoms with Gasteiger partial charge in [-0.25, -0.2) is 4.98 Å². The van der Waals surface area contributed by atoms with Crippen molar-refractivity contribution in [1.82, 2.24) is 9.88 Å². The molecule has 1 aromatic rings. The number of pyridine rings is 1. The number of hydrogen-bond donors (Lipinski definition) is 1. The van der Waals surface area contributed by atoms with Crippen molar-refractivity contribution in [3.05, 3.63) is 23.9 Å². The predicted molar refractivity (Wildman–Crippen MR) is 73.7 cm³/mol. The van der Waals surface area contributed by atoms with Crippen LogP contribution in [0.15, 0.2) is 18.3 Å². The molecular weight excluding hydrogens is 226 g/mol. The van der Waals surface area contributed by atoms with Crippen LogP contribution in [0.3, 0.4) is 0 Å². The van der Waals surface area contributed by atoms with Crippen LogP contribution in [0.2, 0.25) is 0 Å². The molecule has 2 rings (SSSR count). The van der Waals surface area contributed by atoms with Gasteiger partial charge in [-0.05, 0) is 25.0 Å². The van der Waals surface area contributed by atoms with Crippen molar-refractivity contribution >= 4 is 5.82 Å². The topological polar surface area (TPSA) is 37.4 Å². The molecule has 1 fully saturated rings. The van der Waals surface area contributed by atoms with E-state index in [9.17, 15) is 0 Å². The Morgan fingerprint density at radius 3 is 3.06 bits per heavy atom. The van der Waals surface area contributed by atoms with Gasteiger partial charge in [-0.1, -0.05) is 13.0 Å². The van der Waals surface area contributed by atoms with Crippen LogP contribution < -0.4 is 5.32 Å². The average Bonchev–Trinajstić information content (AvgIpc) is 2.41. The molecule has 1 saturated heterocycles. The van der Waals surface area contributed by atoms with E-state index in [0.717, 1.165) is 45.1 Å². The molecule has 1 aliphatic heterocycles. The molecule has 1 aromatic heterocycles. The van der Waals surface area contributed by atoms with Gasteiger partial charge in [0, 0.05) is 31.9 Å². The molecule has 0 radical (unpaired) electrons. The summed E-state index contributed by atoms with van der Waals surface area (Å²) < 4.78 is 5.45. The molecule has 1 unspecified atom stereocenters. The van der Waals surface area contributed by atoms with Gasteiger partial charge in [0.15, 0.2) is 0 Å². The third-order valence-electron chi connectivity index (χ3n) is 3.27. The van der Waals surface area contributed by atoms with E-state index in [1.807, 2.05) is 6.20 Å². The Labute approximate surface area is 109 Å². The standard InChI is InChI=1S/C14H23N3O/c1-3-6-15-14-5-4-13(9-16-14)10-17-7-8-18-11-12(17)2/h4-5,9,12H,3,6-8,10-11H2,1-2H3,(H,15,16). The summed E-state index contributed by atoms with van der Waals surface area (Å²) in [5.41, 5.74) is 1.27. The normalized spacial score (nSPS) is 20.9. The van der Waals surface area contributed by atoms with Crippen LogP contribution in [-0.4, -0.2) is 42.2 Å². The van der Waals surface area contributed by atoms with Gasteiger partial charge in [0.2, 0.25) is 0 Å². The van der Waals surface area contributed by atoms with Gasteiger partial charge in [-0.3, -0.25) is 4.90 Å². The number of rotatable bonds is 5. The Hall–Kier alpha value is -1.13. The summed E-state index contributed by atoms with van der Waals surface area (Å²) >= 11 is 0. The van der Waals surface area contributed by atoms with Gasteiger partial charge >= 0.3 is 0 Å². The van der Waals surface area contributed by atoms with E-state index in [-0.39, 0.29) is 0 Å². The van der Waals surface area contributed by atoms with Gasteiger partial charge in [0.25, 0.3) is 0 Å². The molecule has 1 N–H and O–H groups in total. The van der Waals surface area contributed by atoms with E-state index < -0.39 is 0 Å². The maximum absolute atomic E-state index is 5.45. The number of morpholine rings is 1. The zero-order chi connectivity index (χ0) is 12.8. The summed E-state index contributed by atoms with van der Waals surface area (Å²) in [5.74, 6) is 0.968. The van der Waals surface area contributed by atoms with E-state index in [0.29, 0.717) is 6.04 Å². The maximum Gasteiger partial charge on any atom is 0.125 e. The fourth-order valence-electron chi connectivity index (χ4n) is 2.11. The molecular formula is C14H23N3O. The van der Waals surface area contributed by atoms with E-state index in [2.05, 4.69) is 41.2 Å². The van der Waals surface area contributed by atoms with Crippen LogP contribution in [0.5, 0.6) is 0 Å². The molecule has 0 spiro atoms. The quantitative estimate of drug-likeness (QED) is 0.867. The first-order chi connectivity index (χ1) is 8.79. The average molecular weight is 249 g/mol. The van der Waals surface area contributed by atoms with Gasteiger partial charge in [-0.2, -0.15) is 0 Å². The fourth-order valence-corrected chi connectivity index (χ4v) is 2.11. The molecule has 1 aliphatic rings. The summed E-state index contributed by atoms with van der Waals surface area (Å²) in [5, 5.41) is 3.29. The minimum absolute atomic E-state index is 0.497. The van der Waals surface area contributed by atoms with E-state index in [4.69, 9.17) is 4.74 Å². The Balaban J connectivity index is 1.89. The molecule has 2 heterocycles. The molecule has 4 heteroatoms. The number of nitrogens with zero attached hydrogens (tertiary/aromatic N) is 2.